The fourth-order valence-electron chi connectivity index (χ4n) is 3.91. The van der Waals surface area contributed by atoms with Crippen LogP contribution >= 0.6 is 0 Å². The summed E-state index contributed by atoms with van der Waals surface area (Å²) in [4.78, 5) is 0.204. The first-order valence-electron chi connectivity index (χ1n) is 11.1. The summed E-state index contributed by atoms with van der Waals surface area (Å²) < 4.78 is 35.7. The van der Waals surface area contributed by atoms with E-state index in [0.717, 1.165) is 23.3 Å². The van der Waals surface area contributed by atoms with Gasteiger partial charge in [-0.1, -0.05) is 74.5 Å². The molecule has 0 amide bonds. The molecule has 2 aromatic rings. The largest absolute Gasteiger partial charge is 0.502 e. The summed E-state index contributed by atoms with van der Waals surface area (Å²) >= 11 is 0. The molecule has 1 aliphatic heterocycles. The SMILES string of the molecule is C1=COCCC1.CC1(C)C(c2ccccc2)=C(OCc2ccccc2)C=C(S(C)(=O)=O)C1N. The van der Waals surface area contributed by atoms with E-state index < -0.39 is 21.3 Å². The van der Waals surface area contributed by atoms with Gasteiger partial charge < -0.3 is 15.2 Å². The molecule has 33 heavy (non-hydrogen) atoms. The molecule has 0 radical (unpaired) electrons. The molecule has 2 N–H and O–H groups in total. The Hall–Kier alpha value is -2.83. The van der Waals surface area contributed by atoms with Crippen molar-refractivity contribution in [2.24, 2.45) is 11.1 Å². The molecule has 0 saturated carbocycles. The smallest absolute Gasteiger partial charge is 0.173 e. The van der Waals surface area contributed by atoms with E-state index in [1.54, 1.807) is 12.3 Å². The van der Waals surface area contributed by atoms with Crippen molar-refractivity contribution in [2.75, 3.05) is 12.9 Å². The minimum atomic E-state index is -3.45. The third-order valence-corrected chi connectivity index (χ3v) is 7.03. The summed E-state index contributed by atoms with van der Waals surface area (Å²) in [6.07, 6.45) is 8.98. The summed E-state index contributed by atoms with van der Waals surface area (Å²) in [5.74, 6) is 0.553. The fraction of sp³-hybridized carbons (Fsp3) is 0.333. The molecule has 176 valence electrons. The highest BCUT2D eigenvalue weighted by Crippen LogP contribution is 2.46. The summed E-state index contributed by atoms with van der Waals surface area (Å²) in [7, 11) is -3.45. The second-order valence-electron chi connectivity index (χ2n) is 8.78. The van der Waals surface area contributed by atoms with Crippen LogP contribution in [0.4, 0.5) is 0 Å². The van der Waals surface area contributed by atoms with Crippen molar-refractivity contribution in [2.45, 2.75) is 39.3 Å². The first-order chi connectivity index (χ1) is 15.7. The van der Waals surface area contributed by atoms with Crippen molar-refractivity contribution in [3.63, 3.8) is 0 Å². The zero-order valence-corrected chi connectivity index (χ0v) is 20.3. The molecule has 2 aromatic carbocycles. The number of benzene rings is 2. The number of nitrogens with two attached hydrogens (primary N) is 1. The predicted molar refractivity (Wildman–Crippen MR) is 134 cm³/mol. The van der Waals surface area contributed by atoms with Crippen LogP contribution in [0.3, 0.4) is 0 Å². The Morgan fingerprint density at radius 1 is 1.06 bits per heavy atom. The molecule has 0 fully saturated rings. The molecular formula is C27H33NO4S. The first-order valence-corrected chi connectivity index (χ1v) is 13.0. The lowest BCUT2D eigenvalue weighted by Crippen LogP contribution is -2.44. The minimum absolute atomic E-state index is 0.204. The van der Waals surface area contributed by atoms with Crippen LogP contribution in [0.25, 0.3) is 5.57 Å². The zero-order valence-electron chi connectivity index (χ0n) is 19.5. The number of hydrogen-bond acceptors (Lipinski definition) is 5. The average Bonchev–Trinajstić information content (AvgIpc) is 2.81. The topological polar surface area (TPSA) is 78.6 Å². The van der Waals surface area contributed by atoms with Gasteiger partial charge in [0.2, 0.25) is 0 Å². The van der Waals surface area contributed by atoms with Gasteiger partial charge in [0.1, 0.15) is 12.4 Å². The van der Waals surface area contributed by atoms with Gasteiger partial charge in [0.05, 0.1) is 23.8 Å². The maximum atomic E-state index is 12.3. The van der Waals surface area contributed by atoms with Crippen LogP contribution in [0, 0.1) is 5.41 Å². The quantitative estimate of drug-likeness (QED) is 0.652. The highest BCUT2D eigenvalue weighted by atomic mass is 32.2. The Bertz CT molecular complexity index is 1110. The van der Waals surface area contributed by atoms with Gasteiger partial charge in [-0.05, 0) is 36.1 Å². The van der Waals surface area contributed by atoms with Gasteiger partial charge in [-0.3, -0.25) is 0 Å². The van der Waals surface area contributed by atoms with E-state index in [-0.39, 0.29) is 4.91 Å². The van der Waals surface area contributed by atoms with E-state index in [9.17, 15) is 8.42 Å². The highest BCUT2D eigenvalue weighted by Gasteiger charge is 2.42. The predicted octanol–water partition coefficient (Wildman–Crippen LogP) is 5.22. The number of hydrogen-bond donors (Lipinski definition) is 1. The van der Waals surface area contributed by atoms with E-state index in [0.29, 0.717) is 12.4 Å². The lowest BCUT2D eigenvalue weighted by molar-refractivity contribution is 0.205. The van der Waals surface area contributed by atoms with Crippen LogP contribution < -0.4 is 5.73 Å². The molecule has 1 unspecified atom stereocenters. The van der Waals surface area contributed by atoms with Crippen LogP contribution in [-0.4, -0.2) is 27.3 Å². The fourth-order valence-corrected chi connectivity index (χ4v) is 4.99. The monoisotopic (exact) mass is 467 g/mol. The Labute approximate surface area is 197 Å². The van der Waals surface area contributed by atoms with Crippen LogP contribution in [0.2, 0.25) is 0 Å². The summed E-state index contributed by atoms with van der Waals surface area (Å²) in [5.41, 5.74) is 8.70. The maximum Gasteiger partial charge on any atom is 0.173 e. The summed E-state index contributed by atoms with van der Waals surface area (Å²) in [6, 6.07) is 19.0. The highest BCUT2D eigenvalue weighted by molar-refractivity contribution is 7.94. The number of rotatable bonds is 5. The molecule has 5 nitrogen and oxygen atoms in total. The first kappa shape index (κ1) is 24.8. The molecule has 1 atom stereocenters. The van der Waals surface area contributed by atoms with Gasteiger partial charge in [0.25, 0.3) is 0 Å². The lowest BCUT2D eigenvalue weighted by atomic mass is 9.71. The lowest BCUT2D eigenvalue weighted by Gasteiger charge is -2.39. The maximum absolute atomic E-state index is 12.3. The Balaban J connectivity index is 0.000000442. The molecule has 1 aliphatic carbocycles. The molecule has 0 aromatic heterocycles. The van der Waals surface area contributed by atoms with Crippen LogP contribution in [0.5, 0.6) is 0 Å². The molecular weight excluding hydrogens is 434 g/mol. The standard InChI is InChI=1S/C22H25NO3S.C5H8O/c1-22(2)20(17-12-8-5-9-13-17)18(14-19(21(22)23)27(3,24)25)26-15-16-10-6-4-7-11-16;1-2-4-6-5-3-1/h4-14,21H,15,23H2,1-3H3;2,4H,1,3,5H2. The molecule has 1 heterocycles. The van der Waals surface area contributed by atoms with E-state index in [2.05, 4.69) is 0 Å². The van der Waals surface area contributed by atoms with Gasteiger partial charge >= 0.3 is 0 Å². The Kier molecular flexibility index (Phi) is 8.16. The molecule has 0 spiro atoms. The molecule has 2 aliphatic rings. The number of ether oxygens (including phenoxy) is 2. The Morgan fingerprint density at radius 2 is 1.70 bits per heavy atom. The summed E-state index contributed by atoms with van der Waals surface area (Å²) in [5, 5.41) is 0. The van der Waals surface area contributed by atoms with Gasteiger partial charge in [0.15, 0.2) is 9.84 Å². The molecule has 6 heteroatoms. The molecule has 4 rings (SSSR count). The van der Waals surface area contributed by atoms with E-state index >= 15 is 0 Å². The molecule has 0 bridgehead atoms. The van der Waals surface area contributed by atoms with E-state index in [4.69, 9.17) is 15.2 Å². The van der Waals surface area contributed by atoms with Crippen LogP contribution in [-0.2, 0) is 25.9 Å². The van der Waals surface area contributed by atoms with E-state index in [1.807, 2.05) is 80.6 Å². The van der Waals surface area contributed by atoms with Crippen LogP contribution in [0.1, 0.15) is 37.8 Å². The van der Waals surface area contributed by atoms with Crippen molar-refractivity contribution in [1.29, 1.82) is 0 Å². The van der Waals surface area contributed by atoms with Crippen molar-refractivity contribution < 1.29 is 17.9 Å². The average molecular weight is 468 g/mol. The minimum Gasteiger partial charge on any atom is -0.502 e. The van der Waals surface area contributed by atoms with Gasteiger partial charge in [-0.25, -0.2) is 8.42 Å². The second kappa shape index (κ2) is 10.9. The van der Waals surface area contributed by atoms with Crippen LogP contribution in [0.15, 0.2) is 89.7 Å². The van der Waals surface area contributed by atoms with Crippen molar-refractivity contribution in [3.05, 3.63) is 101 Å². The van der Waals surface area contributed by atoms with Gasteiger partial charge in [-0.15, -0.1) is 0 Å². The Morgan fingerprint density at radius 3 is 2.18 bits per heavy atom. The second-order valence-corrected chi connectivity index (χ2v) is 10.8. The van der Waals surface area contributed by atoms with Crippen molar-refractivity contribution >= 4 is 15.4 Å². The van der Waals surface area contributed by atoms with Crippen molar-refractivity contribution in [1.82, 2.24) is 0 Å². The normalized spacial score (nSPS) is 19.6. The third-order valence-electron chi connectivity index (χ3n) is 5.80. The zero-order chi connectivity index (χ0) is 23.9. The third kappa shape index (κ3) is 6.36. The number of sulfone groups is 1. The number of allylic oxidation sites excluding steroid dienone is 2. The van der Waals surface area contributed by atoms with E-state index in [1.165, 1.54) is 19.1 Å². The van der Waals surface area contributed by atoms with Gasteiger partial charge in [0, 0.05) is 17.2 Å². The summed E-state index contributed by atoms with van der Waals surface area (Å²) in [6.45, 7) is 5.19. The van der Waals surface area contributed by atoms with Gasteiger partial charge in [-0.2, -0.15) is 0 Å². The van der Waals surface area contributed by atoms with Crippen molar-refractivity contribution in [3.8, 4) is 0 Å². The molecule has 0 saturated heterocycles.